The first-order valence-corrected chi connectivity index (χ1v) is 11.1. The molecule has 0 aliphatic carbocycles. The molecule has 154 valence electrons. The smallest absolute Gasteiger partial charge is 0.119 e. The maximum atomic E-state index is 9.81. The molecule has 0 aliphatic rings. The van der Waals surface area contributed by atoms with Gasteiger partial charge in [0.2, 0.25) is 0 Å². The van der Waals surface area contributed by atoms with Crippen molar-refractivity contribution in [3.05, 3.63) is 118 Å². The van der Waals surface area contributed by atoms with Crippen LogP contribution < -0.4 is 0 Å². The minimum Gasteiger partial charge on any atom is -0.363 e. The van der Waals surface area contributed by atoms with Crippen LogP contribution in [0.5, 0.6) is 0 Å². The standard InChI is InChI=1S/C27H19N3OS/c28-13-21-11-10-20(12-24(21)25-15-29-14-22-8-4-5-9-23(22)25)27(26-16-30-18-32-26)31-17-19-6-2-1-3-7-19/h1-12,14-16,18,27H,17H2. The summed E-state index contributed by atoms with van der Waals surface area (Å²) in [6.07, 6.45) is 5.24. The lowest BCUT2D eigenvalue weighted by Crippen LogP contribution is -2.06. The van der Waals surface area contributed by atoms with Gasteiger partial charge < -0.3 is 4.74 Å². The van der Waals surface area contributed by atoms with Gasteiger partial charge in [-0.05, 0) is 28.6 Å². The molecular formula is C27H19N3OS. The Bertz CT molecular complexity index is 1390. The van der Waals surface area contributed by atoms with Gasteiger partial charge in [0.15, 0.2) is 0 Å². The third kappa shape index (κ3) is 4.02. The molecular weight excluding hydrogens is 414 g/mol. The van der Waals surface area contributed by atoms with E-state index >= 15 is 0 Å². The van der Waals surface area contributed by atoms with Crippen molar-refractivity contribution in [2.45, 2.75) is 12.7 Å². The number of rotatable bonds is 6. The molecule has 0 saturated carbocycles. The molecule has 0 N–H and O–H groups in total. The average molecular weight is 434 g/mol. The van der Waals surface area contributed by atoms with Gasteiger partial charge in [0.25, 0.3) is 0 Å². The van der Waals surface area contributed by atoms with Crippen LogP contribution in [0.4, 0.5) is 0 Å². The molecule has 5 aromatic rings. The summed E-state index contributed by atoms with van der Waals surface area (Å²) in [5, 5.41) is 11.9. The number of benzene rings is 3. The summed E-state index contributed by atoms with van der Waals surface area (Å²) in [6.45, 7) is 0.481. The molecule has 0 amide bonds. The summed E-state index contributed by atoms with van der Waals surface area (Å²) in [4.78, 5) is 9.69. The molecule has 2 heterocycles. The zero-order chi connectivity index (χ0) is 21.8. The van der Waals surface area contributed by atoms with E-state index in [0.29, 0.717) is 12.2 Å². The number of hydrogen-bond donors (Lipinski definition) is 0. The van der Waals surface area contributed by atoms with E-state index in [0.717, 1.165) is 37.9 Å². The van der Waals surface area contributed by atoms with Gasteiger partial charge in [-0.2, -0.15) is 5.26 Å². The molecule has 1 unspecified atom stereocenters. The lowest BCUT2D eigenvalue weighted by molar-refractivity contribution is 0.0689. The molecule has 2 aromatic heterocycles. The molecule has 0 bridgehead atoms. The van der Waals surface area contributed by atoms with E-state index in [1.54, 1.807) is 11.3 Å². The highest BCUT2D eigenvalue weighted by Crippen LogP contribution is 2.36. The summed E-state index contributed by atoms with van der Waals surface area (Å²) in [5.41, 5.74) is 6.30. The molecule has 5 heteroatoms. The van der Waals surface area contributed by atoms with Gasteiger partial charge in [-0.1, -0.05) is 60.7 Å². The highest BCUT2D eigenvalue weighted by Gasteiger charge is 2.20. The molecule has 5 rings (SSSR count). The molecule has 0 saturated heterocycles. The van der Waals surface area contributed by atoms with Crippen molar-refractivity contribution in [1.29, 1.82) is 5.26 Å². The van der Waals surface area contributed by atoms with E-state index < -0.39 is 0 Å². The van der Waals surface area contributed by atoms with E-state index in [2.05, 4.69) is 40.3 Å². The van der Waals surface area contributed by atoms with Crippen LogP contribution in [0.25, 0.3) is 21.9 Å². The summed E-state index contributed by atoms with van der Waals surface area (Å²) in [7, 11) is 0. The Morgan fingerprint density at radius 2 is 1.72 bits per heavy atom. The second kappa shape index (κ2) is 9.11. The summed E-state index contributed by atoms with van der Waals surface area (Å²) >= 11 is 1.56. The highest BCUT2D eigenvalue weighted by molar-refractivity contribution is 7.09. The Balaban J connectivity index is 1.59. The number of nitrogens with zero attached hydrogens (tertiary/aromatic N) is 3. The van der Waals surface area contributed by atoms with Crippen molar-refractivity contribution < 1.29 is 4.74 Å². The monoisotopic (exact) mass is 433 g/mol. The third-order valence-corrected chi connectivity index (χ3v) is 6.21. The summed E-state index contributed by atoms with van der Waals surface area (Å²) < 4.78 is 6.38. The molecule has 1 atom stereocenters. The molecule has 32 heavy (non-hydrogen) atoms. The van der Waals surface area contributed by atoms with Crippen LogP contribution in [-0.2, 0) is 11.3 Å². The van der Waals surface area contributed by atoms with Gasteiger partial charge in [0, 0.05) is 35.1 Å². The number of pyridine rings is 1. The van der Waals surface area contributed by atoms with Crippen LogP contribution in [0, 0.1) is 11.3 Å². The second-order valence-electron chi connectivity index (χ2n) is 7.41. The summed E-state index contributed by atoms with van der Waals surface area (Å²) in [6, 6.07) is 26.4. The minimum atomic E-state index is -0.280. The van der Waals surface area contributed by atoms with Gasteiger partial charge in [-0.3, -0.25) is 9.97 Å². The predicted octanol–water partition coefficient (Wildman–Crippen LogP) is 6.54. The van der Waals surface area contributed by atoms with Crippen molar-refractivity contribution in [2.75, 3.05) is 0 Å². The first kappa shape index (κ1) is 20.1. The number of fused-ring (bicyclic) bond motifs is 1. The average Bonchev–Trinajstić information content (AvgIpc) is 3.39. The van der Waals surface area contributed by atoms with Crippen molar-refractivity contribution in [3.63, 3.8) is 0 Å². The predicted molar refractivity (Wildman–Crippen MR) is 127 cm³/mol. The lowest BCUT2D eigenvalue weighted by atomic mass is 9.93. The van der Waals surface area contributed by atoms with E-state index in [1.165, 1.54) is 0 Å². The van der Waals surface area contributed by atoms with E-state index in [1.807, 2.05) is 72.6 Å². The second-order valence-corrected chi connectivity index (χ2v) is 8.32. The number of aromatic nitrogens is 2. The quantitative estimate of drug-likeness (QED) is 0.305. The molecule has 0 aliphatic heterocycles. The molecule has 4 nitrogen and oxygen atoms in total. The number of nitriles is 1. The number of hydrogen-bond acceptors (Lipinski definition) is 5. The van der Waals surface area contributed by atoms with Crippen molar-refractivity contribution in [2.24, 2.45) is 0 Å². The van der Waals surface area contributed by atoms with Gasteiger partial charge in [-0.15, -0.1) is 11.3 Å². The number of thiazole rings is 1. The van der Waals surface area contributed by atoms with Gasteiger partial charge in [0.1, 0.15) is 6.10 Å². The first-order valence-electron chi connectivity index (χ1n) is 10.2. The largest absolute Gasteiger partial charge is 0.363 e. The Kier molecular flexibility index (Phi) is 5.71. The Labute approximate surface area is 190 Å². The van der Waals surface area contributed by atoms with E-state index in [4.69, 9.17) is 4.74 Å². The highest BCUT2D eigenvalue weighted by atomic mass is 32.1. The van der Waals surface area contributed by atoms with Crippen molar-refractivity contribution >= 4 is 22.1 Å². The molecule has 0 fully saturated rings. The normalized spacial score (nSPS) is 11.8. The fourth-order valence-electron chi connectivity index (χ4n) is 3.83. The molecule has 0 spiro atoms. The van der Waals surface area contributed by atoms with Gasteiger partial charge in [-0.25, -0.2) is 0 Å². The van der Waals surface area contributed by atoms with Gasteiger partial charge >= 0.3 is 0 Å². The Morgan fingerprint density at radius 3 is 2.53 bits per heavy atom. The van der Waals surface area contributed by atoms with Crippen LogP contribution in [-0.4, -0.2) is 9.97 Å². The van der Waals surface area contributed by atoms with Gasteiger partial charge in [0.05, 0.1) is 28.6 Å². The topological polar surface area (TPSA) is 58.8 Å². The van der Waals surface area contributed by atoms with Crippen LogP contribution in [0.2, 0.25) is 0 Å². The third-order valence-electron chi connectivity index (χ3n) is 5.39. The molecule has 3 aromatic carbocycles. The van der Waals surface area contributed by atoms with Crippen LogP contribution >= 0.6 is 11.3 Å². The minimum absolute atomic E-state index is 0.280. The van der Waals surface area contributed by atoms with Crippen LogP contribution in [0.15, 0.2) is 96.9 Å². The number of ether oxygens (including phenoxy) is 1. The Morgan fingerprint density at radius 1 is 0.875 bits per heavy atom. The Hall–Kier alpha value is -3.85. The van der Waals surface area contributed by atoms with E-state index in [9.17, 15) is 5.26 Å². The van der Waals surface area contributed by atoms with Crippen LogP contribution in [0.3, 0.4) is 0 Å². The van der Waals surface area contributed by atoms with Crippen LogP contribution in [0.1, 0.15) is 27.7 Å². The summed E-state index contributed by atoms with van der Waals surface area (Å²) in [5.74, 6) is 0. The lowest BCUT2D eigenvalue weighted by Gasteiger charge is -2.19. The van der Waals surface area contributed by atoms with Crippen molar-refractivity contribution in [1.82, 2.24) is 9.97 Å². The van der Waals surface area contributed by atoms with Crippen molar-refractivity contribution in [3.8, 4) is 17.2 Å². The first-order chi connectivity index (χ1) is 15.8. The molecule has 0 radical (unpaired) electrons. The maximum absolute atomic E-state index is 9.81. The zero-order valence-corrected chi connectivity index (χ0v) is 18.0. The zero-order valence-electron chi connectivity index (χ0n) is 17.2. The maximum Gasteiger partial charge on any atom is 0.119 e. The fraction of sp³-hybridized carbons (Fsp3) is 0.0741. The SMILES string of the molecule is N#Cc1ccc(C(OCc2ccccc2)c2cncs2)cc1-c1cncc2ccccc12. The van der Waals surface area contributed by atoms with E-state index in [-0.39, 0.29) is 6.10 Å². The fourth-order valence-corrected chi connectivity index (χ4v) is 4.52.